The summed E-state index contributed by atoms with van der Waals surface area (Å²) >= 11 is 0. The molecule has 0 saturated heterocycles. The number of oxazole rings is 1. The third-order valence-corrected chi connectivity index (χ3v) is 2.57. The summed E-state index contributed by atoms with van der Waals surface area (Å²) in [5.41, 5.74) is 0.949. The van der Waals surface area contributed by atoms with Crippen LogP contribution in [-0.4, -0.2) is 29.7 Å². The van der Waals surface area contributed by atoms with E-state index in [2.05, 4.69) is 16.9 Å². The zero-order valence-electron chi connectivity index (χ0n) is 10.9. The Morgan fingerprint density at radius 2 is 2.35 bits per heavy atom. The minimum atomic E-state index is -0.464. The molecule has 0 saturated carbocycles. The number of non-ortho nitro benzene ring substituents is 1. The van der Waals surface area contributed by atoms with Crippen LogP contribution in [0.3, 0.4) is 0 Å². The van der Waals surface area contributed by atoms with Crippen LogP contribution in [0, 0.1) is 10.1 Å². The highest BCUT2D eigenvalue weighted by Gasteiger charge is 2.11. The predicted molar refractivity (Wildman–Crippen MR) is 74.8 cm³/mol. The van der Waals surface area contributed by atoms with Crippen LogP contribution in [0.4, 0.5) is 11.7 Å². The summed E-state index contributed by atoms with van der Waals surface area (Å²) in [5.74, 6) is 0. The quantitative estimate of drug-likeness (QED) is 0.345. The van der Waals surface area contributed by atoms with Crippen LogP contribution in [0.2, 0.25) is 0 Å². The van der Waals surface area contributed by atoms with Crippen LogP contribution in [0.15, 0.2) is 35.3 Å². The molecule has 0 aliphatic rings. The molecule has 106 valence electrons. The summed E-state index contributed by atoms with van der Waals surface area (Å²) < 4.78 is 10.7. The van der Waals surface area contributed by atoms with Crippen molar-refractivity contribution in [2.45, 2.75) is 6.42 Å². The van der Waals surface area contributed by atoms with Crippen molar-refractivity contribution in [2.24, 2.45) is 0 Å². The molecule has 0 radical (unpaired) electrons. The van der Waals surface area contributed by atoms with Crippen LogP contribution in [0.1, 0.15) is 6.42 Å². The van der Waals surface area contributed by atoms with Gasteiger partial charge in [0.05, 0.1) is 18.1 Å². The van der Waals surface area contributed by atoms with Crippen LogP contribution < -0.4 is 5.32 Å². The van der Waals surface area contributed by atoms with Crippen LogP contribution in [0.25, 0.3) is 11.1 Å². The van der Waals surface area contributed by atoms with Gasteiger partial charge in [-0.3, -0.25) is 10.1 Å². The molecule has 7 nitrogen and oxygen atoms in total. The van der Waals surface area contributed by atoms with E-state index in [9.17, 15) is 10.1 Å². The second-order valence-electron chi connectivity index (χ2n) is 4.04. The van der Waals surface area contributed by atoms with E-state index in [1.807, 2.05) is 0 Å². The second kappa shape index (κ2) is 6.67. The maximum atomic E-state index is 10.7. The van der Waals surface area contributed by atoms with Gasteiger partial charge in [-0.15, -0.1) is 6.58 Å². The van der Waals surface area contributed by atoms with E-state index in [-0.39, 0.29) is 5.69 Å². The van der Waals surface area contributed by atoms with Gasteiger partial charge in [-0.25, -0.2) is 0 Å². The summed E-state index contributed by atoms with van der Waals surface area (Å²) in [5, 5.41) is 13.6. The molecule has 2 aromatic rings. The zero-order valence-corrected chi connectivity index (χ0v) is 10.9. The van der Waals surface area contributed by atoms with Gasteiger partial charge in [0.15, 0.2) is 5.58 Å². The number of aromatic nitrogens is 1. The number of benzene rings is 1. The fraction of sp³-hybridized carbons (Fsp3) is 0.308. The highest BCUT2D eigenvalue weighted by atomic mass is 16.6. The summed E-state index contributed by atoms with van der Waals surface area (Å²) in [6.45, 7) is 5.30. The van der Waals surface area contributed by atoms with E-state index < -0.39 is 4.92 Å². The summed E-state index contributed by atoms with van der Waals surface area (Å²) in [7, 11) is 0. The van der Waals surface area contributed by atoms with Crippen molar-refractivity contribution in [1.82, 2.24) is 4.98 Å². The summed E-state index contributed by atoms with van der Waals surface area (Å²) in [6.07, 6.45) is 2.60. The van der Waals surface area contributed by atoms with Gasteiger partial charge in [-0.1, -0.05) is 6.08 Å². The number of nitro groups is 1. The first kappa shape index (κ1) is 14.0. The average molecular weight is 277 g/mol. The Bertz CT molecular complexity index is 609. The van der Waals surface area contributed by atoms with Gasteiger partial charge in [0.25, 0.3) is 11.7 Å². The lowest BCUT2D eigenvalue weighted by atomic mass is 10.3. The summed E-state index contributed by atoms with van der Waals surface area (Å²) in [6, 6.07) is 4.62. The second-order valence-corrected chi connectivity index (χ2v) is 4.04. The highest BCUT2D eigenvalue weighted by molar-refractivity contribution is 5.77. The molecular weight excluding hydrogens is 262 g/mol. The fourth-order valence-electron chi connectivity index (χ4n) is 1.60. The van der Waals surface area contributed by atoms with Gasteiger partial charge < -0.3 is 14.5 Å². The standard InChI is InChI=1S/C13H15N3O4/c1-2-3-7-19-8-6-14-13-15-11-9-10(16(17)18)4-5-12(11)20-13/h2,4-5,9H,1,3,6-8H2,(H,14,15). The molecule has 2 rings (SSSR count). The summed E-state index contributed by atoms with van der Waals surface area (Å²) in [4.78, 5) is 14.3. The Morgan fingerprint density at radius 3 is 3.10 bits per heavy atom. The lowest BCUT2D eigenvalue weighted by molar-refractivity contribution is -0.384. The Labute approximate surface area is 115 Å². The highest BCUT2D eigenvalue weighted by Crippen LogP contribution is 2.23. The van der Waals surface area contributed by atoms with Gasteiger partial charge in [0.1, 0.15) is 5.52 Å². The van der Waals surface area contributed by atoms with Crippen molar-refractivity contribution < 1.29 is 14.1 Å². The normalized spacial score (nSPS) is 10.6. The molecule has 0 atom stereocenters. The number of nitro benzene ring substituents is 1. The van der Waals surface area contributed by atoms with E-state index in [1.54, 1.807) is 6.08 Å². The Kier molecular flexibility index (Phi) is 4.67. The first-order chi connectivity index (χ1) is 9.70. The van der Waals surface area contributed by atoms with Crippen molar-refractivity contribution in [3.63, 3.8) is 0 Å². The van der Waals surface area contributed by atoms with E-state index in [0.29, 0.717) is 36.9 Å². The maximum Gasteiger partial charge on any atom is 0.295 e. The predicted octanol–water partition coefficient (Wildman–Crippen LogP) is 2.74. The molecule has 1 heterocycles. The number of nitrogens with one attached hydrogen (secondary N) is 1. The first-order valence-corrected chi connectivity index (χ1v) is 6.18. The largest absolute Gasteiger partial charge is 0.424 e. The Hall–Kier alpha value is -2.41. The van der Waals surface area contributed by atoms with Gasteiger partial charge in [0.2, 0.25) is 0 Å². The van der Waals surface area contributed by atoms with Crippen molar-refractivity contribution in [2.75, 3.05) is 25.1 Å². The number of fused-ring (bicyclic) bond motifs is 1. The SMILES string of the molecule is C=CCCOCCNc1nc2cc([N+](=O)[O-])ccc2o1. The number of hydrogen-bond donors (Lipinski definition) is 1. The van der Waals surface area contributed by atoms with Gasteiger partial charge in [0, 0.05) is 18.7 Å². The molecule has 0 fully saturated rings. The van der Waals surface area contributed by atoms with Crippen molar-refractivity contribution in [3.05, 3.63) is 41.0 Å². The molecule has 20 heavy (non-hydrogen) atoms. The van der Waals surface area contributed by atoms with Crippen LogP contribution in [-0.2, 0) is 4.74 Å². The Morgan fingerprint density at radius 1 is 1.50 bits per heavy atom. The number of ether oxygens (including phenoxy) is 1. The minimum absolute atomic E-state index is 0.00916. The number of nitrogens with zero attached hydrogens (tertiary/aromatic N) is 2. The van der Waals surface area contributed by atoms with Crippen molar-refractivity contribution in [3.8, 4) is 0 Å². The molecular formula is C13H15N3O4. The van der Waals surface area contributed by atoms with Gasteiger partial charge >= 0.3 is 0 Å². The van der Waals surface area contributed by atoms with E-state index >= 15 is 0 Å². The molecule has 1 aromatic carbocycles. The monoisotopic (exact) mass is 277 g/mol. The van der Waals surface area contributed by atoms with Crippen molar-refractivity contribution in [1.29, 1.82) is 0 Å². The van der Waals surface area contributed by atoms with Gasteiger partial charge in [-0.05, 0) is 12.5 Å². The zero-order chi connectivity index (χ0) is 14.4. The van der Waals surface area contributed by atoms with Gasteiger partial charge in [-0.2, -0.15) is 4.98 Å². The van der Waals surface area contributed by atoms with Crippen LogP contribution >= 0.6 is 0 Å². The average Bonchev–Trinajstić information content (AvgIpc) is 2.84. The molecule has 1 N–H and O–H groups in total. The lowest BCUT2D eigenvalue weighted by Gasteiger charge is -2.02. The molecule has 1 aromatic heterocycles. The molecule has 7 heteroatoms. The Balaban J connectivity index is 1.91. The third kappa shape index (κ3) is 3.55. The molecule has 0 aliphatic heterocycles. The van der Waals surface area contributed by atoms with Crippen molar-refractivity contribution >= 4 is 22.8 Å². The minimum Gasteiger partial charge on any atom is -0.424 e. The number of hydrogen-bond acceptors (Lipinski definition) is 6. The topological polar surface area (TPSA) is 90.4 Å². The lowest BCUT2D eigenvalue weighted by Crippen LogP contribution is -2.09. The molecule has 0 amide bonds. The first-order valence-electron chi connectivity index (χ1n) is 6.18. The maximum absolute atomic E-state index is 10.7. The third-order valence-electron chi connectivity index (χ3n) is 2.57. The number of anilines is 1. The smallest absolute Gasteiger partial charge is 0.295 e. The van der Waals surface area contributed by atoms with E-state index in [0.717, 1.165) is 6.42 Å². The molecule has 0 bridgehead atoms. The van der Waals surface area contributed by atoms with Crippen LogP contribution in [0.5, 0.6) is 0 Å². The molecule has 0 aliphatic carbocycles. The van der Waals surface area contributed by atoms with E-state index in [4.69, 9.17) is 9.15 Å². The molecule has 0 unspecified atom stereocenters. The molecule has 0 spiro atoms. The van der Waals surface area contributed by atoms with E-state index in [1.165, 1.54) is 18.2 Å². The fourth-order valence-corrected chi connectivity index (χ4v) is 1.60. The number of rotatable bonds is 8.